The van der Waals surface area contributed by atoms with Gasteiger partial charge < -0.3 is 0 Å². The fourth-order valence-corrected chi connectivity index (χ4v) is 3.32. The summed E-state index contributed by atoms with van der Waals surface area (Å²) in [6.07, 6.45) is 0. The first-order valence-corrected chi connectivity index (χ1v) is 9.02. The van der Waals surface area contributed by atoms with Gasteiger partial charge in [-0.05, 0) is 29.3 Å². The van der Waals surface area contributed by atoms with E-state index in [0.29, 0.717) is 22.0 Å². The molecule has 0 saturated carbocycles. The summed E-state index contributed by atoms with van der Waals surface area (Å²) in [5, 5.41) is 14.3. The Morgan fingerprint density at radius 2 is 1.58 bits per heavy atom. The van der Waals surface area contributed by atoms with Crippen LogP contribution in [0.5, 0.6) is 0 Å². The largest absolute Gasteiger partial charge is 0.239 e. The molecule has 1 aliphatic heterocycles. The maximum Gasteiger partial charge on any atom is 0.239 e. The van der Waals surface area contributed by atoms with E-state index in [2.05, 4.69) is 65.1 Å². The van der Waals surface area contributed by atoms with E-state index in [0.717, 1.165) is 28.5 Å². The van der Waals surface area contributed by atoms with Crippen LogP contribution in [0.25, 0.3) is 11.1 Å². The number of amidine groups is 2. The van der Waals surface area contributed by atoms with E-state index in [1.807, 2.05) is 24.3 Å². The van der Waals surface area contributed by atoms with Crippen LogP contribution in [-0.2, 0) is 0 Å². The molecule has 0 amide bonds. The van der Waals surface area contributed by atoms with Gasteiger partial charge in [-0.1, -0.05) is 51.0 Å². The summed E-state index contributed by atoms with van der Waals surface area (Å²) in [5.41, 5.74) is 3.75. The summed E-state index contributed by atoms with van der Waals surface area (Å²) in [6, 6.07) is 18.3. The van der Waals surface area contributed by atoms with Crippen molar-refractivity contribution >= 4 is 17.4 Å². The third kappa shape index (κ3) is 3.07. The van der Waals surface area contributed by atoms with Crippen molar-refractivity contribution in [2.75, 3.05) is 7.05 Å². The topological polar surface area (TPSA) is 48.5 Å². The smallest absolute Gasteiger partial charge is 0.192 e. The van der Waals surface area contributed by atoms with Gasteiger partial charge in [-0.15, -0.1) is 4.59 Å². The Morgan fingerprint density at radius 1 is 0.923 bits per heavy atom. The van der Waals surface area contributed by atoms with Crippen molar-refractivity contribution in [3.63, 3.8) is 0 Å². The Morgan fingerprint density at radius 3 is 2.15 bits per heavy atom. The predicted octanol–water partition coefficient (Wildman–Crippen LogP) is 5.20. The van der Waals surface area contributed by atoms with Gasteiger partial charge in [-0.3, -0.25) is 0 Å². The molecular weight excluding hydrogens is 320 g/mol. The molecule has 0 spiro atoms. The molecular formula is C22H25N4+. The number of hydrogen-bond acceptors (Lipinski definition) is 3. The fourth-order valence-electron chi connectivity index (χ4n) is 3.32. The van der Waals surface area contributed by atoms with Crippen molar-refractivity contribution in [3.05, 3.63) is 54.1 Å². The van der Waals surface area contributed by atoms with Crippen LogP contribution in [-0.4, -0.2) is 18.7 Å². The van der Waals surface area contributed by atoms with Crippen LogP contribution < -0.4 is 4.59 Å². The molecule has 1 aliphatic rings. The minimum absolute atomic E-state index is 0.297. The Hall–Kier alpha value is -2.77. The highest BCUT2D eigenvalue weighted by molar-refractivity contribution is 6.08. The van der Waals surface area contributed by atoms with Gasteiger partial charge in [0.2, 0.25) is 5.84 Å². The zero-order valence-corrected chi connectivity index (χ0v) is 16.1. The van der Waals surface area contributed by atoms with Crippen molar-refractivity contribution in [1.29, 1.82) is 5.26 Å². The van der Waals surface area contributed by atoms with Crippen molar-refractivity contribution in [2.24, 2.45) is 21.9 Å². The van der Waals surface area contributed by atoms with Crippen molar-refractivity contribution < 1.29 is 0 Å². The van der Waals surface area contributed by atoms with E-state index in [9.17, 15) is 5.26 Å². The first-order chi connectivity index (χ1) is 12.4. The Balaban J connectivity index is 2.03. The molecule has 0 saturated heterocycles. The molecule has 0 aliphatic carbocycles. The summed E-state index contributed by atoms with van der Waals surface area (Å²) < 4.78 is 0.366. The van der Waals surface area contributed by atoms with Crippen LogP contribution >= 0.6 is 0 Å². The molecule has 4 nitrogen and oxygen atoms in total. The maximum absolute atomic E-state index is 9.34. The minimum atomic E-state index is 0.297. The second kappa shape index (κ2) is 6.86. The lowest BCUT2D eigenvalue weighted by Gasteiger charge is -2.26. The van der Waals surface area contributed by atoms with Gasteiger partial charge in [0.25, 0.3) is 0 Å². The number of aliphatic imine (C=N–C) groups is 1. The Bertz CT molecular complexity index is 914. The number of benzene rings is 2. The number of nitriles is 1. The van der Waals surface area contributed by atoms with Crippen LogP contribution in [0.3, 0.4) is 0 Å². The molecule has 1 atom stereocenters. The number of nitrogens with zero attached hydrogens (tertiary/aromatic N) is 4. The van der Waals surface area contributed by atoms with Crippen LogP contribution in [0.4, 0.5) is 5.69 Å². The van der Waals surface area contributed by atoms with Gasteiger partial charge >= 0.3 is 0 Å². The standard InChI is InChI=1S/C22H25N4/c1-15(2)21-24-22(16(3)4)26(5,25-21)19-12-10-17(11-13-19)20-9-7-6-8-18(20)14-23/h6-13,15-16H,1-5H3/q+1. The van der Waals surface area contributed by atoms with Crippen molar-refractivity contribution in [2.45, 2.75) is 27.7 Å². The Kier molecular flexibility index (Phi) is 4.76. The second-order valence-corrected chi connectivity index (χ2v) is 7.40. The molecule has 2 aromatic rings. The summed E-state index contributed by atoms with van der Waals surface area (Å²) >= 11 is 0. The highest BCUT2D eigenvalue weighted by atomic mass is 15.7. The van der Waals surface area contributed by atoms with E-state index in [1.165, 1.54) is 0 Å². The highest BCUT2D eigenvalue weighted by Gasteiger charge is 2.41. The highest BCUT2D eigenvalue weighted by Crippen LogP contribution is 2.33. The molecule has 2 aromatic carbocycles. The average molecular weight is 345 g/mol. The van der Waals surface area contributed by atoms with Gasteiger partial charge in [0.15, 0.2) is 11.5 Å². The zero-order chi connectivity index (χ0) is 18.9. The van der Waals surface area contributed by atoms with Crippen LogP contribution in [0, 0.1) is 23.2 Å². The SMILES string of the molecule is CC(C)C1=N[N+](C)(c2ccc(-c3ccccc3C#N)cc2)C(C(C)C)=N1. The summed E-state index contributed by atoms with van der Waals surface area (Å²) in [6.45, 7) is 8.56. The lowest BCUT2D eigenvalue weighted by molar-refractivity contribution is 0.504. The zero-order valence-electron chi connectivity index (χ0n) is 16.1. The van der Waals surface area contributed by atoms with E-state index in [4.69, 9.17) is 10.1 Å². The molecule has 0 aromatic heterocycles. The summed E-state index contributed by atoms with van der Waals surface area (Å²) in [7, 11) is 2.09. The van der Waals surface area contributed by atoms with Crippen LogP contribution in [0.2, 0.25) is 0 Å². The Labute approximate surface area is 155 Å². The molecule has 132 valence electrons. The first kappa shape index (κ1) is 18.0. The van der Waals surface area contributed by atoms with Gasteiger partial charge in [0, 0.05) is 18.1 Å². The molecule has 4 heteroatoms. The molecule has 26 heavy (non-hydrogen) atoms. The van der Waals surface area contributed by atoms with E-state index in [1.54, 1.807) is 0 Å². The van der Waals surface area contributed by atoms with E-state index >= 15 is 0 Å². The maximum atomic E-state index is 9.34. The van der Waals surface area contributed by atoms with Crippen LogP contribution in [0.15, 0.2) is 58.6 Å². The lowest BCUT2D eigenvalue weighted by Crippen LogP contribution is -2.45. The summed E-state index contributed by atoms with van der Waals surface area (Å²) in [5.74, 6) is 2.55. The normalized spacial score (nSPS) is 19.5. The average Bonchev–Trinajstić information content (AvgIpc) is 3.01. The summed E-state index contributed by atoms with van der Waals surface area (Å²) in [4.78, 5) is 4.82. The first-order valence-electron chi connectivity index (χ1n) is 9.02. The quantitative estimate of drug-likeness (QED) is 0.703. The lowest BCUT2D eigenvalue weighted by atomic mass is 10.00. The van der Waals surface area contributed by atoms with Crippen molar-refractivity contribution in [3.8, 4) is 17.2 Å². The third-order valence-corrected chi connectivity index (χ3v) is 4.74. The molecule has 1 heterocycles. The predicted molar refractivity (Wildman–Crippen MR) is 109 cm³/mol. The number of hydrogen-bond donors (Lipinski definition) is 0. The van der Waals surface area contributed by atoms with Gasteiger partial charge in [-0.25, -0.2) is 0 Å². The fraction of sp³-hybridized carbons (Fsp3) is 0.318. The van der Waals surface area contributed by atoms with Gasteiger partial charge in [0.1, 0.15) is 7.05 Å². The van der Waals surface area contributed by atoms with Gasteiger partial charge in [0.05, 0.1) is 17.6 Å². The van der Waals surface area contributed by atoms with Crippen LogP contribution in [0.1, 0.15) is 33.3 Å². The number of quaternary nitrogens is 1. The molecule has 0 bridgehead atoms. The second-order valence-electron chi connectivity index (χ2n) is 7.40. The minimum Gasteiger partial charge on any atom is -0.192 e. The van der Waals surface area contributed by atoms with E-state index in [-0.39, 0.29) is 0 Å². The number of rotatable bonds is 4. The molecule has 1 unspecified atom stereocenters. The molecule has 3 rings (SSSR count). The van der Waals surface area contributed by atoms with E-state index < -0.39 is 0 Å². The van der Waals surface area contributed by atoms with Gasteiger partial charge in [-0.2, -0.15) is 10.3 Å². The molecule has 0 fully saturated rings. The monoisotopic (exact) mass is 345 g/mol. The molecule has 0 radical (unpaired) electrons. The van der Waals surface area contributed by atoms with Crippen molar-refractivity contribution in [1.82, 2.24) is 4.59 Å². The third-order valence-electron chi connectivity index (χ3n) is 4.74. The molecule has 0 N–H and O–H groups in total.